The minimum absolute atomic E-state index is 0.0563. The molecule has 0 bridgehead atoms. The molecule has 3 nitrogen and oxygen atoms in total. The first kappa shape index (κ1) is 14.2. The molecule has 0 aliphatic rings. The van der Waals surface area contributed by atoms with Gasteiger partial charge in [0.1, 0.15) is 11.6 Å². The number of benzene rings is 2. The average Bonchev–Trinajstić information content (AvgIpc) is 2.31. The van der Waals surface area contributed by atoms with Crippen molar-refractivity contribution in [1.29, 1.82) is 0 Å². The molecule has 2 aromatic carbocycles. The maximum atomic E-state index is 13.8. The molecule has 0 atom stereocenters. The van der Waals surface area contributed by atoms with Crippen LogP contribution in [-0.4, -0.2) is 6.10 Å². The Morgan fingerprint density at radius 3 is 2.55 bits per heavy atom. The molecule has 0 amide bonds. The van der Waals surface area contributed by atoms with Gasteiger partial charge in [0.2, 0.25) is 0 Å². The van der Waals surface area contributed by atoms with Gasteiger partial charge in [-0.05, 0) is 44.5 Å². The zero-order chi connectivity index (χ0) is 14.7. The maximum Gasteiger partial charge on any atom is 0.146 e. The first-order valence-electron chi connectivity index (χ1n) is 6.54. The van der Waals surface area contributed by atoms with Crippen molar-refractivity contribution >= 4 is 17.1 Å². The largest absolute Gasteiger partial charge is 0.491 e. The Bertz CT molecular complexity index is 611. The topological polar surface area (TPSA) is 47.3 Å². The van der Waals surface area contributed by atoms with E-state index in [-0.39, 0.29) is 11.9 Å². The maximum absolute atomic E-state index is 13.8. The number of nitrogens with two attached hydrogens (primary N) is 1. The second kappa shape index (κ2) is 5.82. The third kappa shape index (κ3) is 3.63. The molecule has 0 saturated heterocycles. The van der Waals surface area contributed by atoms with Crippen molar-refractivity contribution in [1.82, 2.24) is 0 Å². The van der Waals surface area contributed by atoms with Gasteiger partial charge in [0.05, 0.1) is 11.8 Å². The lowest BCUT2D eigenvalue weighted by atomic mass is 10.2. The lowest BCUT2D eigenvalue weighted by molar-refractivity contribution is 0.242. The van der Waals surface area contributed by atoms with E-state index >= 15 is 0 Å². The van der Waals surface area contributed by atoms with E-state index in [2.05, 4.69) is 5.32 Å². The highest BCUT2D eigenvalue weighted by atomic mass is 19.1. The lowest BCUT2D eigenvalue weighted by Gasteiger charge is -2.14. The van der Waals surface area contributed by atoms with Crippen LogP contribution >= 0.6 is 0 Å². The molecule has 4 heteroatoms. The molecule has 0 aliphatic carbocycles. The highest BCUT2D eigenvalue weighted by Gasteiger charge is 2.06. The van der Waals surface area contributed by atoms with E-state index in [4.69, 9.17) is 10.5 Å². The standard InChI is InChI=1S/C16H19FN2O/c1-10(2)20-14-8-12(18)7-13(9-14)19-16-5-4-11(3)6-15(16)17/h4-10,19H,18H2,1-3H3. The molecule has 0 heterocycles. The summed E-state index contributed by atoms with van der Waals surface area (Å²) < 4.78 is 19.4. The summed E-state index contributed by atoms with van der Waals surface area (Å²) >= 11 is 0. The summed E-state index contributed by atoms with van der Waals surface area (Å²) in [6, 6.07) is 10.3. The molecule has 106 valence electrons. The minimum atomic E-state index is -0.293. The number of hydrogen-bond acceptors (Lipinski definition) is 3. The first-order valence-corrected chi connectivity index (χ1v) is 6.54. The molecule has 20 heavy (non-hydrogen) atoms. The molecular formula is C16H19FN2O. The van der Waals surface area contributed by atoms with Gasteiger partial charge < -0.3 is 15.8 Å². The Hall–Kier alpha value is -2.23. The molecule has 2 rings (SSSR count). The van der Waals surface area contributed by atoms with Crippen LogP contribution in [0.25, 0.3) is 0 Å². The molecule has 0 aromatic heterocycles. The molecule has 0 fully saturated rings. The Kier molecular flexibility index (Phi) is 4.13. The monoisotopic (exact) mass is 274 g/mol. The molecule has 0 unspecified atom stereocenters. The number of aryl methyl sites for hydroxylation is 1. The fourth-order valence-corrected chi connectivity index (χ4v) is 1.91. The molecule has 0 saturated carbocycles. The number of hydrogen-bond donors (Lipinski definition) is 2. The summed E-state index contributed by atoms with van der Waals surface area (Å²) in [4.78, 5) is 0. The molecular weight excluding hydrogens is 255 g/mol. The van der Waals surface area contributed by atoms with Crippen LogP contribution in [0.3, 0.4) is 0 Å². The van der Waals surface area contributed by atoms with Crippen LogP contribution in [0.5, 0.6) is 5.75 Å². The van der Waals surface area contributed by atoms with Gasteiger partial charge in [-0.1, -0.05) is 6.07 Å². The normalized spacial score (nSPS) is 10.7. The summed E-state index contributed by atoms with van der Waals surface area (Å²) in [6.07, 6.45) is 0.0563. The summed E-state index contributed by atoms with van der Waals surface area (Å²) in [6.45, 7) is 5.73. The summed E-state index contributed by atoms with van der Waals surface area (Å²) in [5, 5.41) is 3.02. The smallest absolute Gasteiger partial charge is 0.146 e. The van der Waals surface area contributed by atoms with Gasteiger partial charge in [0, 0.05) is 23.5 Å². The second-order valence-electron chi connectivity index (χ2n) is 5.07. The number of nitrogen functional groups attached to an aromatic ring is 1. The van der Waals surface area contributed by atoms with E-state index in [0.717, 1.165) is 5.56 Å². The Balaban J connectivity index is 2.26. The van der Waals surface area contributed by atoms with Crippen LogP contribution in [0.4, 0.5) is 21.5 Å². The van der Waals surface area contributed by atoms with E-state index < -0.39 is 0 Å². The SMILES string of the molecule is Cc1ccc(Nc2cc(N)cc(OC(C)C)c2)c(F)c1. The van der Waals surface area contributed by atoms with Crippen molar-refractivity contribution in [2.24, 2.45) is 0 Å². The Morgan fingerprint density at radius 2 is 1.90 bits per heavy atom. The van der Waals surface area contributed by atoms with Gasteiger partial charge >= 0.3 is 0 Å². The lowest BCUT2D eigenvalue weighted by Crippen LogP contribution is -2.06. The van der Waals surface area contributed by atoms with Crippen LogP contribution in [-0.2, 0) is 0 Å². The molecule has 2 aromatic rings. The predicted octanol–water partition coefficient (Wildman–Crippen LogP) is 4.25. The number of anilines is 3. The van der Waals surface area contributed by atoms with E-state index in [1.165, 1.54) is 6.07 Å². The average molecular weight is 274 g/mol. The Morgan fingerprint density at radius 1 is 1.15 bits per heavy atom. The van der Waals surface area contributed by atoms with Gasteiger partial charge in [-0.15, -0.1) is 0 Å². The van der Waals surface area contributed by atoms with Crippen molar-refractivity contribution in [3.63, 3.8) is 0 Å². The summed E-state index contributed by atoms with van der Waals surface area (Å²) in [5.74, 6) is 0.369. The van der Waals surface area contributed by atoms with Crippen LogP contribution in [0, 0.1) is 12.7 Å². The van der Waals surface area contributed by atoms with E-state index in [0.29, 0.717) is 22.8 Å². The van der Waals surface area contributed by atoms with Gasteiger partial charge in [0.15, 0.2) is 0 Å². The van der Waals surface area contributed by atoms with Crippen LogP contribution < -0.4 is 15.8 Å². The van der Waals surface area contributed by atoms with Gasteiger partial charge in [-0.3, -0.25) is 0 Å². The number of ether oxygens (including phenoxy) is 1. The number of nitrogens with one attached hydrogen (secondary N) is 1. The highest BCUT2D eigenvalue weighted by Crippen LogP contribution is 2.27. The Labute approximate surface area is 118 Å². The van der Waals surface area contributed by atoms with Crippen LogP contribution in [0.2, 0.25) is 0 Å². The minimum Gasteiger partial charge on any atom is -0.491 e. The number of rotatable bonds is 4. The predicted molar refractivity (Wildman–Crippen MR) is 81.0 cm³/mol. The third-order valence-electron chi connectivity index (χ3n) is 2.70. The van der Waals surface area contributed by atoms with Crippen molar-refractivity contribution in [3.05, 3.63) is 47.8 Å². The van der Waals surface area contributed by atoms with Gasteiger partial charge in [-0.25, -0.2) is 4.39 Å². The zero-order valence-corrected chi connectivity index (χ0v) is 11.9. The quantitative estimate of drug-likeness (QED) is 0.819. The fraction of sp³-hybridized carbons (Fsp3) is 0.250. The highest BCUT2D eigenvalue weighted by molar-refractivity contribution is 5.66. The van der Waals surface area contributed by atoms with Gasteiger partial charge in [0.25, 0.3) is 0 Å². The van der Waals surface area contributed by atoms with Crippen molar-refractivity contribution < 1.29 is 9.13 Å². The zero-order valence-electron chi connectivity index (χ0n) is 11.9. The fourth-order valence-electron chi connectivity index (χ4n) is 1.91. The third-order valence-corrected chi connectivity index (χ3v) is 2.70. The summed E-state index contributed by atoms with van der Waals surface area (Å²) in [7, 11) is 0. The number of halogens is 1. The molecule has 0 spiro atoms. The van der Waals surface area contributed by atoms with E-state index in [1.807, 2.05) is 26.8 Å². The van der Waals surface area contributed by atoms with Crippen LogP contribution in [0.15, 0.2) is 36.4 Å². The van der Waals surface area contributed by atoms with E-state index in [9.17, 15) is 4.39 Å². The molecule has 3 N–H and O–H groups in total. The van der Waals surface area contributed by atoms with Crippen LogP contribution in [0.1, 0.15) is 19.4 Å². The first-order chi connectivity index (χ1) is 9.44. The van der Waals surface area contributed by atoms with Crippen molar-refractivity contribution in [3.8, 4) is 5.75 Å². The van der Waals surface area contributed by atoms with Gasteiger partial charge in [-0.2, -0.15) is 0 Å². The van der Waals surface area contributed by atoms with Crippen molar-refractivity contribution in [2.45, 2.75) is 26.9 Å². The van der Waals surface area contributed by atoms with Crippen molar-refractivity contribution in [2.75, 3.05) is 11.1 Å². The summed E-state index contributed by atoms with van der Waals surface area (Å²) in [5.41, 5.74) is 8.40. The second-order valence-corrected chi connectivity index (χ2v) is 5.07. The van der Waals surface area contributed by atoms with E-state index in [1.54, 1.807) is 24.3 Å². The molecule has 0 aliphatic heterocycles. The molecule has 0 radical (unpaired) electrons.